The van der Waals surface area contributed by atoms with Gasteiger partial charge in [0, 0.05) is 20.1 Å². The van der Waals surface area contributed by atoms with Crippen LogP contribution in [-0.2, 0) is 41.7 Å². The smallest absolute Gasteiger partial charge is 0.325 e. The molecule has 2 aromatic rings. The molecule has 2 aliphatic rings. The van der Waals surface area contributed by atoms with Gasteiger partial charge in [0.05, 0.1) is 12.0 Å². The number of aromatic hydroxyl groups is 1. The maximum Gasteiger partial charge on any atom is 0.325 e. The molecule has 2 aromatic carbocycles. The Labute approximate surface area is 270 Å². The van der Waals surface area contributed by atoms with Gasteiger partial charge in [0.1, 0.15) is 30.5 Å². The lowest BCUT2D eigenvalue weighted by Crippen LogP contribution is -2.62. The number of ether oxygens (including phenoxy) is 2. The second-order valence-corrected chi connectivity index (χ2v) is 12.4. The lowest BCUT2D eigenvalue weighted by atomic mass is 9.96. The number of methoxy groups -OCH3 is 1. The topological polar surface area (TPSA) is 146 Å². The zero-order chi connectivity index (χ0) is 33.2. The van der Waals surface area contributed by atoms with Crippen molar-refractivity contribution in [1.82, 2.24) is 21.1 Å². The molecule has 1 saturated heterocycles. The van der Waals surface area contributed by atoms with Crippen LogP contribution in [0.25, 0.3) is 6.08 Å². The summed E-state index contributed by atoms with van der Waals surface area (Å²) >= 11 is 0. The Morgan fingerprint density at radius 1 is 1.02 bits per heavy atom. The van der Waals surface area contributed by atoms with Crippen molar-refractivity contribution in [3.05, 3.63) is 71.3 Å². The predicted molar refractivity (Wildman–Crippen MR) is 173 cm³/mol. The van der Waals surface area contributed by atoms with Gasteiger partial charge in [-0.05, 0) is 66.5 Å². The molecule has 0 unspecified atom stereocenters. The van der Waals surface area contributed by atoms with Gasteiger partial charge in [0.15, 0.2) is 0 Å². The number of nitrogens with zero attached hydrogens (tertiary/aromatic N) is 1. The summed E-state index contributed by atoms with van der Waals surface area (Å²) in [6.07, 6.45) is 5.97. The fourth-order valence-corrected chi connectivity index (χ4v) is 5.77. The van der Waals surface area contributed by atoms with Crippen LogP contribution in [0.2, 0.25) is 0 Å². The minimum atomic E-state index is -1.05. The van der Waals surface area contributed by atoms with Crippen molar-refractivity contribution >= 4 is 29.8 Å². The van der Waals surface area contributed by atoms with Crippen LogP contribution in [-0.4, -0.2) is 71.7 Å². The zero-order valence-electron chi connectivity index (χ0n) is 27.0. The Balaban J connectivity index is 1.64. The van der Waals surface area contributed by atoms with Gasteiger partial charge in [-0.15, -0.1) is 0 Å². The lowest BCUT2D eigenvalue weighted by molar-refractivity contribution is -0.154. The molecule has 5 atom stereocenters. The summed E-state index contributed by atoms with van der Waals surface area (Å²) in [5.41, 5.74) is 5.42. The first-order valence-corrected chi connectivity index (χ1v) is 16.0. The quantitative estimate of drug-likeness (QED) is 0.375. The fourth-order valence-electron chi connectivity index (χ4n) is 5.77. The summed E-state index contributed by atoms with van der Waals surface area (Å²) in [5.74, 6) is -2.55. The normalized spacial score (nSPS) is 25.6. The third kappa shape index (κ3) is 9.40. The molecule has 248 valence electrons. The SMILES string of the molecule is CO[C@@H]1CCC=Cc2cccc(c2)COC(=O)[C@@H]2CCCN(N2)C(=O)[C@H](Cc2cccc(O)c2)NC(=O)[C@H](C(C)C)NC(=O)[C@@H]1C. The molecule has 46 heavy (non-hydrogen) atoms. The minimum absolute atomic E-state index is 0.0311. The summed E-state index contributed by atoms with van der Waals surface area (Å²) in [6.45, 7) is 5.82. The molecule has 11 nitrogen and oxygen atoms in total. The molecule has 0 saturated carbocycles. The highest BCUT2D eigenvalue weighted by Crippen LogP contribution is 2.19. The Morgan fingerprint density at radius 2 is 1.80 bits per heavy atom. The number of rotatable bonds is 4. The number of amides is 3. The standard InChI is InChI=1S/C35H46N4O7/c1-22(2)31-33(42)36-29(20-25-12-8-14-27(40)19-25)34(43)39-17-9-15-28(38-39)35(44)46-21-26-13-7-11-24(18-26)10-5-6-16-30(45-4)23(3)32(41)37-31/h5,7-8,10-14,18-19,22-23,28-31,38,40H,6,9,15-17,20-21H2,1-4H3,(H,36,42)(H,37,41)/t23-,28+,29+,30-,31+/m1/s1. The van der Waals surface area contributed by atoms with Gasteiger partial charge >= 0.3 is 5.97 Å². The molecular formula is C35H46N4O7. The van der Waals surface area contributed by atoms with E-state index in [4.69, 9.17) is 9.47 Å². The third-order valence-corrected chi connectivity index (χ3v) is 8.48. The molecule has 4 N–H and O–H groups in total. The van der Waals surface area contributed by atoms with E-state index in [0.717, 1.165) is 11.1 Å². The highest BCUT2D eigenvalue weighted by atomic mass is 16.5. The Hall–Kier alpha value is -4.22. The van der Waals surface area contributed by atoms with Crippen LogP contribution in [0.1, 0.15) is 63.1 Å². The zero-order valence-corrected chi connectivity index (χ0v) is 27.0. The number of hydrogen-bond acceptors (Lipinski definition) is 8. The molecule has 0 radical (unpaired) electrons. The maximum atomic E-state index is 14.0. The largest absolute Gasteiger partial charge is 0.508 e. The first kappa shape index (κ1) is 34.6. The summed E-state index contributed by atoms with van der Waals surface area (Å²) in [7, 11) is 1.57. The van der Waals surface area contributed by atoms with Gasteiger partial charge in [0.2, 0.25) is 11.8 Å². The molecule has 4 rings (SSSR count). The van der Waals surface area contributed by atoms with E-state index in [9.17, 15) is 24.3 Å². The van der Waals surface area contributed by atoms with E-state index in [1.165, 1.54) is 17.1 Å². The number of phenols is 1. The van der Waals surface area contributed by atoms with Crippen LogP contribution in [0.5, 0.6) is 5.75 Å². The van der Waals surface area contributed by atoms with Crippen molar-refractivity contribution in [3.8, 4) is 5.75 Å². The maximum absolute atomic E-state index is 14.0. The summed E-state index contributed by atoms with van der Waals surface area (Å²) in [4.78, 5) is 54.2. The van der Waals surface area contributed by atoms with Gasteiger partial charge < -0.3 is 25.2 Å². The van der Waals surface area contributed by atoms with Crippen molar-refractivity contribution in [2.24, 2.45) is 11.8 Å². The minimum Gasteiger partial charge on any atom is -0.508 e. The van der Waals surface area contributed by atoms with Crippen molar-refractivity contribution < 1.29 is 33.8 Å². The van der Waals surface area contributed by atoms with Crippen molar-refractivity contribution in [3.63, 3.8) is 0 Å². The van der Waals surface area contributed by atoms with Crippen molar-refractivity contribution in [1.29, 1.82) is 0 Å². The van der Waals surface area contributed by atoms with E-state index in [1.54, 1.807) is 26.2 Å². The van der Waals surface area contributed by atoms with Crippen LogP contribution >= 0.6 is 0 Å². The molecule has 1 fully saturated rings. The van der Waals surface area contributed by atoms with E-state index in [0.29, 0.717) is 37.8 Å². The van der Waals surface area contributed by atoms with Crippen LogP contribution in [0, 0.1) is 11.8 Å². The number of esters is 1. The molecule has 4 bridgehead atoms. The van der Waals surface area contributed by atoms with E-state index < -0.39 is 41.8 Å². The highest BCUT2D eigenvalue weighted by molar-refractivity contribution is 5.93. The monoisotopic (exact) mass is 634 g/mol. The fraction of sp³-hybridized carbons (Fsp3) is 0.486. The number of carbonyl (C=O) groups is 4. The van der Waals surface area contributed by atoms with Crippen molar-refractivity contribution in [2.45, 2.75) is 83.7 Å². The van der Waals surface area contributed by atoms with Gasteiger partial charge in [-0.3, -0.25) is 24.2 Å². The summed E-state index contributed by atoms with van der Waals surface area (Å²) in [6, 6.07) is 11.4. The number of phenolic OH excluding ortho intramolecular Hbond substituents is 1. The van der Waals surface area contributed by atoms with Crippen LogP contribution in [0.15, 0.2) is 54.6 Å². The Morgan fingerprint density at radius 3 is 2.54 bits per heavy atom. The third-order valence-electron chi connectivity index (χ3n) is 8.48. The number of hydrogen-bond donors (Lipinski definition) is 4. The first-order valence-electron chi connectivity index (χ1n) is 16.0. The van der Waals surface area contributed by atoms with Gasteiger partial charge in [-0.1, -0.05) is 63.3 Å². The Kier molecular flexibility index (Phi) is 12.3. The lowest BCUT2D eigenvalue weighted by Gasteiger charge is -2.35. The average Bonchev–Trinajstić information content (AvgIpc) is 3.04. The summed E-state index contributed by atoms with van der Waals surface area (Å²) in [5, 5.41) is 17.2. The van der Waals surface area contributed by atoms with E-state index in [-0.39, 0.29) is 36.7 Å². The molecule has 0 aromatic heterocycles. The van der Waals surface area contributed by atoms with E-state index >= 15 is 0 Å². The number of carbonyl (C=O) groups excluding carboxylic acids is 4. The number of nitrogens with one attached hydrogen (secondary N) is 3. The van der Waals surface area contributed by atoms with Gasteiger partial charge in [-0.2, -0.15) is 0 Å². The van der Waals surface area contributed by atoms with Gasteiger partial charge in [-0.25, -0.2) is 5.43 Å². The predicted octanol–water partition coefficient (Wildman–Crippen LogP) is 3.26. The molecule has 3 amide bonds. The van der Waals surface area contributed by atoms with E-state index in [1.807, 2.05) is 50.3 Å². The molecule has 2 aliphatic heterocycles. The molecule has 0 aliphatic carbocycles. The Bertz CT molecular complexity index is 1410. The van der Waals surface area contributed by atoms with Gasteiger partial charge in [0.25, 0.3) is 5.91 Å². The number of allylic oxidation sites excluding steroid dienone is 1. The van der Waals surface area contributed by atoms with Crippen LogP contribution in [0.3, 0.4) is 0 Å². The molecule has 2 heterocycles. The number of cyclic esters (lactones) is 1. The molecular weight excluding hydrogens is 588 g/mol. The molecule has 0 spiro atoms. The second-order valence-electron chi connectivity index (χ2n) is 12.4. The second kappa shape index (κ2) is 16.4. The van der Waals surface area contributed by atoms with Crippen LogP contribution < -0.4 is 16.1 Å². The molecule has 11 heteroatoms. The van der Waals surface area contributed by atoms with E-state index in [2.05, 4.69) is 16.1 Å². The number of hydrazine groups is 1. The highest BCUT2D eigenvalue weighted by Gasteiger charge is 2.36. The summed E-state index contributed by atoms with van der Waals surface area (Å²) < 4.78 is 11.3. The number of fused-ring (bicyclic) bond motifs is 4. The number of benzene rings is 2. The van der Waals surface area contributed by atoms with Crippen LogP contribution in [0.4, 0.5) is 0 Å². The average molecular weight is 635 g/mol. The van der Waals surface area contributed by atoms with Crippen molar-refractivity contribution in [2.75, 3.05) is 13.7 Å². The first-order chi connectivity index (χ1) is 22.0.